The van der Waals surface area contributed by atoms with Crippen molar-refractivity contribution in [2.45, 2.75) is 18.8 Å². The zero-order valence-electron chi connectivity index (χ0n) is 9.76. The van der Waals surface area contributed by atoms with E-state index < -0.39 is 0 Å². The normalized spacial score (nSPS) is 17.4. The molecule has 3 rings (SSSR count). The fraction of sp³-hybridized carbons (Fsp3) is 0.286. The van der Waals surface area contributed by atoms with Crippen LogP contribution in [0.2, 0.25) is 0 Å². The molecule has 17 heavy (non-hydrogen) atoms. The molecule has 1 atom stereocenters. The number of nitrogens with zero attached hydrogens (tertiary/aromatic N) is 2. The van der Waals surface area contributed by atoms with E-state index in [9.17, 15) is 4.79 Å². The number of benzene rings is 1. The third kappa shape index (κ3) is 1.78. The van der Waals surface area contributed by atoms with Crippen LogP contribution in [0.3, 0.4) is 0 Å². The van der Waals surface area contributed by atoms with Crippen molar-refractivity contribution in [1.82, 2.24) is 9.78 Å². The van der Waals surface area contributed by atoms with Gasteiger partial charge in [0.05, 0.1) is 6.20 Å². The molecular formula is C14H14N2O. The highest BCUT2D eigenvalue weighted by molar-refractivity contribution is 5.90. The summed E-state index contributed by atoms with van der Waals surface area (Å²) in [4.78, 5) is 12.1. The van der Waals surface area contributed by atoms with Gasteiger partial charge in [-0.15, -0.1) is 0 Å². The molecule has 0 aliphatic heterocycles. The van der Waals surface area contributed by atoms with Crippen LogP contribution in [0.25, 0.3) is 0 Å². The molecule has 0 saturated carbocycles. The van der Waals surface area contributed by atoms with Crippen molar-refractivity contribution in [3.05, 3.63) is 53.3 Å². The average molecular weight is 226 g/mol. The Bertz CT molecular complexity index is 571. The summed E-state index contributed by atoms with van der Waals surface area (Å²) < 4.78 is 1.73. The predicted octanol–water partition coefficient (Wildman–Crippen LogP) is 1.87. The summed E-state index contributed by atoms with van der Waals surface area (Å²) in [6, 6.07) is 8.19. The first kappa shape index (κ1) is 10.3. The van der Waals surface area contributed by atoms with Crippen LogP contribution >= 0.6 is 0 Å². The van der Waals surface area contributed by atoms with Gasteiger partial charge in [0.1, 0.15) is 5.78 Å². The third-order valence-electron chi connectivity index (χ3n) is 3.38. The summed E-state index contributed by atoms with van der Waals surface area (Å²) >= 11 is 0. The number of aromatic nitrogens is 2. The Morgan fingerprint density at radius 1 is 1.47 bits per heavy atom. The number of carbonyl (C=O) groups is 1. The van der Waals surface area contributed by atoms with Gasteiger partial charge in [-0.1, -0.05) is 24.3 Å². The molecule has 0 fully saturated rings. The molecule has 0 radical (unpaired) electrons. The topological polar surface area (TPSA) is 34.9 Å². The van der Waals surface area contributed by atoms with Crippen molar-refractivity contribution in [3.63, 3.8) is 0 Å². The minimum absolute atomic E-state index is 0.103. The molecule has 1 aromatic carbocycles. The van der Waals surface area contributed by atoms with Crippen LogP contribution in [-0.2, 0) is 24.7 Å². The fourth-order valence-electron chi connectivity index (χ4n) is 2.43. The first-order valence-corrected chi connectivity index (χ1v) is 5.82. The van der Waals surface area contributed by atoms with E-state index >= 15 is 0 Å². The summed E-state index contributed by atoms with van der Waals surface area (Å²) in [6.07, 6.45) is 5.06. The molecular weight excluding hydrogens is 212 g/mol. The number of aryl methyl sites for hydroxylation is 1. The van der Waals surface area contributed by atoms with Gasteiger partial charge < -0.3 is 0 Å². The maximum Gasteiger partial charge on any atom is 0.145 e. The van der Waals surface area contributed by atoms with Crippen molar-refractivity contribution in [1.29, 1.82) is 0 Å². The van der Waals surface area contributed by atoms with Gasteiger partial charge in [0.15, 0.2) is 0 Å². The lowest BCUT2D eigenvalue weighted by atomic mass is 9.74. The lowest BCUT2D eigenvalue weighted by Gasteiger charge is -2.28. The number of ketones is 1. The number of Topliss-reactive ketones (excluding diaryl/α,β-unsaturated/α-hetero) is 1. The first-order chi connectivity index (χ1) is 8.24. The van der Waals surface area contributed by atoms with Crippen molar-refractivity contribution in [3.8, 4) is 0 Å². The predicted molar refractivity (Wildman–Crippen MR) is 64.8 cm³/mol. The van der Waals surface area contributed by atoms with E-state index in [1.807, 2.05) is 25.4 Å². The quantitative estimate of drug-likeness (QED) is 0.800. The van der Waals surface area contributed by atoms with Gasteiger partial charge in [-0.3, -0.25) is 9.48 Å². The highest BCUT2D eigenvalue weighted by atomic mass is 16.1. The Balaban J connectivity index is 1.73. The Morgan fingerprint density at radius 2 is 2.29 bits per heavy atom. The highest BCUT2D eigenvalue weighted by Gasteiger charge is 2.31. The van der Waals surface area contributed by atoms with Gasteiger partial charge in [0, 0.05) is 25.6 Å². The summed E-state index contributed by atoms with van der Waals surface area (Å²) in [5.41, 5.74) is 3.53. The fourth-order valence-corrected chi connectivity index (χ4v) is 2.43. The molecule has 1 unspecified atom stereocenters. The SMILES string of the molecule is Cn1cc(CC(=O)C2Cc3ccccc32)cn1. The Labute approximate surface area is 100 Å². The average Bonchev–Trinajstić information content (AvgIpc) is 2.66. The monoisotopic (exact) mass is 226 g/mol. The molecule has 0 N–H and O–H groups in total. The number of hydrogen-bond donors (Lipinski definition) is 0. The second-order valence-corrected chi connectivity index (χ2v) is 4.62. The van der Waals surface area contributed by atoms with E-state index in [1.165, 1.54) is 11.1 Å². The van der Waals surface area contributed by atoms with Crippen LogP contribution < -0.4 is 0 Å². The van der Waals surface area contributed by atoms with Crippen LogP contribution in [0, 0.1) is 0 Å². The van der Waals surface area contributed by atoms with E-state index in [2.05, 4.69) is 17.2 Å². The number of fused-ring (bicyclic) bond motifs is 1. The minimum atomic E-state index is 0.103. The van der Waals surface area contributed by atoms with E-state index in [0.717, 1.165) is 12.0 Å². The van der Waals surface area contributed by atoms with E-state index in [4.69, 9.17) is 0 Å². The number of carbonyl (C=O) groups excluding carboxylic acids is 1. The largest absolute Gasteiger partial charge is 0.299 e. The molecule has 0 amide bonds. The van der Waals surface area contributed by atoms with Gasteiger partial charge in [-0.25, -0.2) is 0 Å². The van der Waals surface area contributed by atoms with Crippen molar-refractivity contribution < 1.29 is 4.79 Å². The molecule has 0 spiro atoms. The molecule has 1 aliphatic rings. The molecule has 86 valence electrons. The van der Waals surface area contributed by atoms with Gasteiger partial charge in [-0.05, 0) is 23.1 Å². The lowest BCUT2D eigenvalue weighted by Crippen LogP contribution is -2.26. The van der Waals surface area contributed by atoms with Gasteiger partial charge in [0.2, 0.25) is 0 Å². The molecule has 0 saturated heterocycles. The zero-order chi connectivity index (χ0) is 11.8. The maximum atomic E-state index is 12.1. The zero-order valence-corrected chi connectivity index (χ0v) is 9.76. The summed E-state index contributed by atoms with van der Waals surface area (Å²) in [5.74, 6) is 0.406. The molecule has 0 bridgehead atoms. The molecule has 1 aliphatic carbocycles. The number of hydrogen-bond acceptors (Lipinski definition) is 2. The second-order valence-electron chi connectivity index (χ2n) is 4.62. The van der Waals surface area contributed by atoms with Crippen LogP contribution in [0.1, 0.15) is 22.6 Å². The Hall–Kier alpha value is -1.90. The lowest BCUT2D eigenvalue weighted by molar-refractivity contribution is -0.120. The Kier molecular flexibility index (Phi) is 2.32. The first-order valence-electron chi connectivity index (χ1n) is 5.82. The minimum Gasteiger partial charge on any atom is -0.299 e. The van der Waals surface area contributed by atoms with E-state index in [0.29, 0.717) is 12.2 Å². The second kappa shape index (κ2) is 3.84. The standard InChI is InChI=1S/C14H14N2O/c1-16-9-10(8-15-16)6-14(17)13-7-11-4-2-3-5-12(11)13/h2-5,8-9,13H,6-7H2,1H3. The van der Waals surface area contributed by atoms with Crippen molar-refractivity contribution in [2.75, 3.05) is 0 Å². The highest BCUT2D eigenvalue weighted by Crippen LogP contribution is 2.35. The summed E-state index contributed by atoms with van der Waals surface area (Å²) in [6.45, 7) is 0. The summed E-state index contributed by atoms with van der Waals surface area (Å²) in [5, 5.41) is 4.08. The van der Waals surface area contributed by atoms with Crippen LogP contribution in [0.5, 0.6) is 0 Å². The molecule has 1 aromatic heterocycles. The van der Waals surface area contributed by atoms with E-state index in [-0.39, 0.29) is 5.92 Å². The Morgan fingerprint density at radius 3 is 3.00 bits per heavy atom. The van der Waals surface area contributed by atoms with Crippen LogP contribution in [0.15, 0.2) is 36.7 Å². The number of rotatable bonds is 3. The van der Waals surface area contributed by atoms with E-state index in [1.54, 1.807) is 10.9 Å². The molecule has 3 nitrogen and oxygen atoms in total. The third-order valence-corrected chi connectivity index (χ3v) is 3.38. The van der Waals surface area contributed by atoms with Crippen LogP contribution in [-0.4, -0.2) is 15.6 Å². The van der Waals surface area contributed by atoms with Crippen molar-refractivity contribution in [2.24, 2.45) is 7.05 Å². The van der Waals surface area contributed by atoms with Crippen molar-refractivity contribution >= 4 is 5.78 Å². The van der Waals surface area contributed by atoms with Crippen LogP contribution in [0.4, 0.5) is 0 Å². The molecule has 2 aromatic rings. The summed E-state index contributed by atoms with van der Waals surface area (Å²) in [7, 11) is 1.87. The van der Waals surface area contributed by atoms with Gasteiger partial charge >= 0.3 is 0 Å². The van der Waals surface area contributed by atoms with Gasteiger partial charge in [0.25, 0.3) is 0 Å². The molecule has 1 heterocycles. The smallest absolute Gasteiger partial charge is 0.145 e. The molecule has 3 heteroatoms. The van der Waals surface area contributed by atoms with Gasteiger partial charge in [-0.2, -0.15) is 5.10 Å². The maximum absolute atomic E-state index is 12.1.